The van der Waals surface area contributed by atoms with Gasteiger partial charge in [-0.15, -0.1) is 0 Å². The van der Waals surface area contributed by atoms with E-state index in [0.717, 1.165) is 5.56 Å². The topological polar surface area (TPSA) is 38.3 Å². The normalized spacial score (nSPS) is 12.4. The number of fused-ring (bicyclic) bond motifs is 3. The highest BCUT2D eigenvalue weighted by molar-refractivity contribution is 7.99. The molecule has 1 aliphatic carbocycles. The van der Waals surface area contributed by atoms with Gasteiger partial charge in [-0.05, 0) is 52.1 Å². The van der Waals surface area contributed by atoms with E-state index in [1.165, 1.54) is 32.0 Å². The van der Waals surface area contributed by atoms with E-state index in [1.807, 2.05) is 54.6 Å². The summed E-state index contributed by atoms with van der Waals surface area (Å²) in [6, 6.07) is 35.4. The fraction of sp³-hybridized carbons (Fsp3) is 0.100. The van der Waals surface area contributed by atoms with Crippen molar-refractivity contribution in [3.05, 3.63) is 126 Å². The predicted molar refractivity (Wildman–Crippen MR) is 139 cm³/mol. The van der Waals surface area contributed by atoms with Crippen LogP contribution < -0.4 is 5.32 Å². The van der Waals surface area contributed by atoms with E-state index in [1.54, 1.807) is 11.8 Å². The van der Waals surface area contributed by atoms with Gasteiger partial charge in [0.25, 0.3) is 0 Å². The van der Waals surface area contributed by atoms with Crippen molar-refractivity contribution in [1.29, 1.82) is 0 Å². The lowest BCUT2D eigenvalue weighted by atomic mass is 9.98. The molecule has 0 heterocycles. The van der Waals surface area contributed by atoms with Gasteiger partial charge in [0, 0.05) is 22.3 Å². The Morgan fingerprint density at radius 3 is 2.03 bits per heavy atom. The third kappa shape index (κ3) is 5.08. The molecule has 1 aliphatic rings. The van der Waals surface area contributed by atoms with E-state index in [0.29, 0.717) is 13.2 Å². The molecule has 4 aromatic rings. The molecule has 0 aliphatic heterocycles. The molecule has 0 spiro atoms. The summed E-state index contributed by atoms with van der Waals surface area (Å²) in [5.74, 6) is 0.0703. The number of nitrogens with one attached hydrogen (secondary N) is 1. The molecule has 5 rings (SSSR count). The van der Waals surface area contributed by atoms with Crippen LogP contribution in [-0.4, -0.2) is 19.2 Å². The van der Waals surface area contributed by atoms with E-state index in [9.17, 15) is 4.79 Å². The quantitative estimate of drug-likeness (QED) is 0.310. The SMILES string of the molecule is O=C(NCC=Cc1ccc(Sc2ccccc2)cc1)OCC1c2ccccc2-c2ccccc21. The Bertz CT molecular complexity index is 1250. The number of carbonyl (C=O) groups excluding carboxylic acids is 1. The molecule has 168 valence electrons. The second kappa shape index (κ2) is 10.4. The summed E-state index contributed by atoms with van der Waals surface area (Å²) in [6.07, 6.45) is 3.53. The Hall–Kier alpha value is -3.76. The van der Waals surface area contributed by atoms with Crippen molar-refractivity contribution in [3.8, 4) is 11.1 Å². The van der Waals surface area contributed by atoms with Crippen LogP contribution in [0.15, 0.2) is 119 Å². The molecule has 1 N–H and O–H groups in total. The minimum absolute atomic E-state index is 0.0703. The molecule has 0 bridgehead atoms. The molecule has 34 heavy (non-hydrogen) atoms. The van der Waals surface area contributed by atoms with Crippen LogP contribution in [-0.2, 0) is 4.74 Å². The number of carbonyl (C=O) groups is 1. The van der Waals surface area contributed by atoms with Crippen molar-refractivity contribution in [1.82, 2.24) is 5.32 Å². The van der Waals surface area contributed by atoms with Crippen molar-refractivity contribution in [2.75, 3.05) is 13.2 Å². The summed E-state index contributed by atoms with van der Waals surface area (Å²) in [5.41, 5.74) is 5.97. The lowest BCUT2D eigenvalue weighted by Crippen LogP contribution is -2.26. The second-order valence-electron chi connectivity index (χ2n) is 8.09. The number of alkyl carbamates (subject to hydrolysis) is 1. The third-order valence-electron chi connectivity index (χ3n) is 5.88. The highest BCUT2D eigenvalue weighted by atomic mass is 32.2. The molecule has 0 aromatic heterocycles. The van der Waals surface area contributed by atoms with Gasteiger partial charge in [-0.2, -0.15) is 0 Å². The van der Waals surface area contributed by atoms with Crippen molar-refractivity contribution in [2.45, 2.75) is 15.7 Å². The minimum Gasteiger partial charge on any atom is -0.449 e. The number of rotatable bonds is 7. The number of benzene rings is 4. The molecule has 0 fully saturated rings. The van der Waals surface area contributed by atoms with Gasteiger partial charge in [0.15, 0.2) is 0 Å². The summed E-state index contributed by atoms with van der Waals surface area (Å²) < 4.78 is 5.58. The first-order valence-corrected chi connectivity index (χ1v) is 12.2. The van der Waals surface area contributed by atoms with Crippen LogP contribution >= 0.6 is 11.8 Å². The molecule has 4 heteroatoms. The summed E-state index contributed by atoms with van der Waals surface area (Å²) in [5, 5.41) is 2.82. The Balaban J connectivity index is 1.11. The highest BCUT2D eigenvalue weighted by Gasteiger charge is 2.28. The first-order chi connectivity index (χ1) is 16.8. The van der Waals surface area contributed by atoms with Crippen LogP contribution in [0.2, 0.25) is 0 Å². The smallest absolute Gasteiger partial charge is 0.407 e. The largest absolute Gasteiger partial charge is 0.449 e. The maximum absolute atomic E-state index is 12.3. The highest BCUT2D eigenvalue weighted by Crippen LogP contribution is 2.44. The zero-order valence-electron chi connectivity index (χ0n) is 18.7. The summed E-state index contributed by atoms with van der Waals surface area (Å²) in [6.45, 7) is 0.737. The molecule has 3 nitrogen and oxygen atoms in total. The minimum atomic E-state index is -0.402. The van der Waals surface area contributed by atoms with Crippen LogP contribution in [0, 0.1) is 0 Å². The zero-order valence-corrected chi connectivity index (χ0v) is 19.5. The predicted octanol–water partition coefficient (Wildman–Crippen LogP) is 7.39. The monoisotopic (exact) mass is 463 g/mol. The van der Waals surface area contributed by atoms with Crippen molar-refractivity contribution < 1.29 is 9.53 Å². The van der Waals surface area contributed by atoms with Crippen molar-refractivity contribution in [2.24, 2.45) is 0 Å². The van der Waals surface area contributed by atoms with Gasteiger partial charge in [-0.3, -0.25) is 0 Å². The Kier molecular flexibility index (Phi) is 6.78. The van der Waals surface area contributed by atoms with E-state index in [-0.39, 0.29) is 5.92 Å². The number of ether oxygens (including phenoxy) is 1. The molecular formula is C30H25NO2S. The number of amides is 1. The first kappa shape index (κ1) is 22.1. The third-order valence-corrected chi connectivity index (χ3v) is 6.89. The molecule has 0 unspecified atom stereocenters. The molecule has 1 amide bonds. The van der Waals surface area contributed by atoms with Crippen molar-refractivity contribution >= 4 is 23.9 Å². The van der Waals surface area contributed by atoms with Gasteiger partial charge in [-0.1, -0.05) is 103 Å². The van der Waals surface area contributed by atoms with Crippen LogP contribution in [0.3, 0.4) is 0 Å². The average Bonchev–Trinajstić information content (AvgIpc) is 3.21. The standard InChI is InChI=1S/C30H25NO2S/c32-30(33-21-29-27-14-6-4-12-25(27)26-13-5-7-15-28(26)29)31-20-8-9-22-16-18-24(19-17-22)34-23-10-2-1-3-11-23/h1-19,29H,20-21H2,(H,31,32). The van der Waals surface area contributed by atoms with Crippen LogP contribution in [0.1, 0.15) is 22.6 Å². The van der Waals surface area contributed by atoms with Gasteiger partial charge in [0.1, 0.15) is 6.61 Å². The van der Waals surface area contributed by atoms with Gasteiger partial charge in [-0.25, -0.2) is 4.79 Å². The maximum Gasteiger partial charge on any atom is 0.407 e. The molecule has 0 atom stereocenters. The molecule has 0 radical (unpaired) electrons. The maximum atomic E-state index is 12.3. The van der Waals surface area contributed by atoms with Gasteiger partial charge in [0.05, 0.1) is 0 Å². The second-order valence-corrected chi connectivity index (χ2v) is 9.24. The van der Waals surface area contributed by atoms with Crippen LogP contribution in [0.25, 0.3) is 17.2 Å². The Morgan fingerprint density at radius 2 is 1.35 bits per heavy atom. The molecule has 0 saturated carbocycles. The summed E-state index contributed by atoms with van der Waals surface area (Å²) >= 11 is 1.74. The van der Waals surface area contributed by atoms with E-state index in [4.69, 9.17) is 4.74 Å². The van der Waals surface area contributed by atoms with Gasteiger partial charge < -0.3 is 10.1 Å². The molecule has 4 aromatic carbocycles. The summed E-state index contributed by atoms with van der Waals surface area (Å²) in [7, 11) is 0. The van der Waals surface area contributed by atoms with Crippen LogP contribution in [0.5, 0.6) is 0 Å². The first-order valence-electron chi connectivity index (χ1n) is 11.4. The Labute approximate surface area is 204 Å². The van der Waals surface area contributed by atoms with Crippen molar-refractivity contribution in [3.63, 3.8) is 0 Å². The Morgan fingerprint density at radius 1 is 0.765 bits per heavy atom. The van der Waals surface area contributed by atoms with Gasteiger partial charge >= 0.3 is 6.09 Å². The van der Waals surface area contributed by atoms with E-state index >= 15 is 0 Å². The lowest BCUT2D eigenvalue weighted by molar-refractivity contribution is 0.144. The zero-order chi connectivity index (χ0) is 23.2. The number of hydrogen-bond donors (Lipinski definition) is 1. The average molecular weight is 464 g/mol. The molecular weight excluding hydrogens is 438 g/mol. The lowest BCUT2D eigenvalue weighted by Gasteiger charge is -2.14. The number of hydrogen-bond acceptors (Lipinski definition) is 3. The van der Waals surface area contributed by atoms with E-state index < -0.39 is 6.09 Å². The van der Waals surface area contributed by atoms with Gasteiger partial charge in [0.2, 0.25) is 0 Å². The fourth-order valence-electron chi connectivity index (χ4n) is 4.26. The van der Waals surface area contributed by atoms with E-state index in [2.05, 4.69) is 66.0 Å². The van der Waals surface area contributed by atoms with Crippen LogP contribution in [0.4, 0.5) is 4.79 Å². The fourth-order valence-corrected chi connectivity index (χ4v) is 5.10. The summed E-state index contributed by atoms with van der Waals surface area (Å²) in [4.78, 5) is 14.7. The molecule has 0 saturated heterocycles.